The number of hydrogen-bond acceptors (Lipinski definition) is 4. The number of carbonyl (C=O) groups excluding carboxylic acids is 1. The van der Waals surface area contributed by atoms with Crippen molar-refractivity contribution in [2.24, 2.45) is 4.36 Å². The van der Waals surface area contributed by atoms with Crippen LogP contribution in [0.5, 0.6) is 0 Å². The van der Waals surface area contributed by atoms with Crippen molar-refractivity contribution >= 4 is 21.6 Å². The first kappa shape index (κ1) is 22.3. The second kappa shape index (κ2) is 8.24. The minimum Gasteiger partial charge on any atom is -0.308 e. The molecule has 0 aromatic heterocycles. The van der Waals surface area contributed by atoms with Crippen molar-refractivity contribution in [3.05, 3.63) is 39.8 Å². The van der Waals surface area contributed by atoms with E-state index < -0.39 is 21.5 Å². The molecule has 0 radical (unpaired) electrons. The summed E-state index contributed by atoms with van der Waals surface area (Å²) >= 11 is 0. The van der Waals surface area contributed by atoms with Crippen LogP contribution < -0.4 is 15.4 Å². The van der Waals surface area contributed by atoms with E-state index in [0.717, 1.165) is 63.6 Å². The monoisotopic (exact) mass is 444 g/mol. The van der Waals surface area contributed by atoms with E-state index in [1.165, 1.54) is 22.3 Å². The van der Waals surface area contributed by atoms with E-state index >= 15 is 0 Å². The summed E-state index contributed by atoms with van der Waals surface area (Å²) in [7, 11) is -3.08. The number of fused-ring (bicyclic) bond motifs is 2. The van der Waals surface area contributed by atoms with Gasteiger partial charge in [-0.2, -0.15) is 0 Å². The van der Waals surface area contributed by atoms with Gasteiger partial charge in [0.25, 0.3) is 0 Å². The van der Waals surface area contributed by atoms with E-state index in [2.05, 4.69) is 32.7 Å². The molecule has 1 aromatic carbocycles. The maximum Gasteiger partial charge on any atom is 0.331 e. The molecule has 6 nitrogen and oxygen atoms in total. The van der Waals surface area contributed by atoms with Gasteiger partial charge in [-0.15, -0.1) is 0 Å². The number of benzene rings is 1. The summed E-state index contributed by atoms with van der Waals surface area (Å²) in [5.41, 5.74) is 5.42. The number of amides is 2. The molecule has 1 saturated heterocycles. The second-order valence-electron chi connectivity index (χ2n) is 10.4. The summed E-state index contributed by atoms with van der Waals surface area (Å²) in [6.07, 6.45) is 10.3. The van der Waals surface area contributed by atoms with Crippen LogP contribution in [0, 0.1) is 0 Å². The molecule has 2 atom stereocenters. The average Bonchev–Trinajstić information content (AvgIpc) is 3.39. The Labute approximate surface area is 187 Å². The number of nitrogens with one attached hydrogen (secondary N) is 3. The Morgan fingerprint density at radius 3 is 2.32 bits per heavy atom. The van der Waals surface area contributed by atoms with Crippen LogP contribution in [0.2, 0.25) is 0 Å². The van der Waals surface area contributed by atoms with Gasteiger partial charge in [-0.3, -0.25) is 0 Å². The van der Waals surface area contributed by atoms with E-state index in [0.29, 0.717) is 0 Å². The summed E-state index contributed by atoms with van der Waals surface area (Å²) < 4.78 is 20.9. The molecule has 7 heteroatoms. The van der Waals surface area contributed by atoms with Crippen LogP contribution in [0.25, 0.3) is 0 Å². The molecular formula is C24H36N4O2S. The lowest BCUT2D eigenvalue weighted by molar-refractivity contribution is 0.257. The first-order chi connectivity index (χ1) is 14.6. The van der Waals surface area contributed by atoms with Crippen molar-refractivity contribution in [1.29, 1.82) is 0 Å². The van der Waals surface area contributed by atoms with Gasteiger partial charge in [0.05, 0.1) is 5.54 Å². The molecule has 0 bridgehead atoms. The fourth-order valence-electron chi connectivity index (χ4n) is 5.04. The molecule has 1 aliphatic heterocycles. The fraction of sp³-hybridized carbons (Fsp3) is 0.625. The minimum atomic E-state index is -3.08. The van der Waals surface area contributed by atoms with Crippen molar-refractivity contribution in [3.8, 4) is 0 Å². The van der Waals surface area contributed by atoms with Crippen LogP contribution in [0.3, 0.4) is 0 Å². The van der Waals surface area contributed by atoms with E-state index in [9.17, 15) is 9.00 Å². The Morgan fingerprint density at radius 2 is 1.77 bits per heavy atom. The molecule has 1 aromatic rings. The molecular weight excluding hydrogens is 408 g/mol. The van der Waals surface area contributed by atoms with E-state index in [-0.39, 0.29) is 5.54 Å². The number of nitrogens with zero attached hydrogens (tertiary/aromatic N) is 1. The predicted octanol–water partition coefficient (Wildman–Crippen LogP) is 4.62. The number of rotatable bonds is 4. The third-order valence-corrected chi connectivity index (χ3v) is 8.18. The topological polar surface area (TPSA) is 82.6 Å². The highest BCUT2D eigenvalue weighted by molar-refractivity contribution is 7.95. The fourth-order valence-corrected chi connectivity index (χ4v) is 6.83. The van der Waals surface area contributed by atoms with Crippen LogP contribution >= 0.6 is 0 Å². The molecule has 4 rings (SSSR count). The van der Waals surface area contributed by atoms with Gasteiger partial charge in [0.1, 0.15) is 0 Å². The molecule has 2 aliphatic carbocycles. The first-order valence-corrected chi connectivity index (χ1v) is 13.1. The Kier molecular flexibility index (Phi) is 5.94. The van der Waals surface area contributed by atoms with E-state index in [4.69, 9.17) is 0 Å². The second-order valence-corrected chi connectivity index (χ2v) is 12.2. The number of aryl methyl sites for hydroxylation is 2. The normalized spacial score (nSPS) is 24.6. The zero-order valence-electron chi connectivity index (χ0n) is 19.3. The van der Waals surface area contributed by atoms with Gasteiger partial charge in [-0.05, 0) is 108 Å². The van der Waals surface area contributed by atoms with Crippen LogP contribution in [0.4, 0.5) is 10.5 Å². The number of hydrogen-bond donors (Lipinski definition) is 3. The molecule has 1 unspecified atom stereocenters. The Bertz CT molecular complexity index is 991. The van der Waals surface area contributed by atoms with Crippen molar-refractivity contribution in [1.82, 2.24) is 10.0 Å². The summed E-state index contributed by atoms with van der Waals surface area (Å²) in [6.45, 7) is 8.71. The summed E-state index contributed by atoms with van der Waals surface area (Å²) in [4.78, 5) is 13.1. The first-order valence-electron chi connectivity index (χ1n) is 11.5. The molecule has 3 aliphatic rings. The molecule has 170 valence electrons. The number of carbonyl (C=O) groups is 1. The van der Waals surface area contributed by atoms with Crippen LogP contribution in [0.1, 0.15) is 75.6 Å². The standard InChI is InChI=1S/C24H36N4O2S/c1-23(2,3)28-31(30,15-13-24(4)12-7-14-25-24)27-22(29)26-21-19-10-5-8-17(19)16-18-9-6-11-20(18)21/h13,15-16,25H,5-12,14H2,1-4H3,(H2,26,27,28,29,30)/b15-13+/t24-,31?/m0/s1. The molecule has 1 fully saturated rings. The SMILES string of the molecule is CC(C)(C)N=S(=O)(/C=C/[C@]1(C)CCCN1)NC(=O)Nc1c2c(cc3c1CCC3)CCC2. The molecule has 3 N–H and O–H groups in total. The Balaban J connectivity index is 1.60. The summed E-state index contributed by atoms with van der Waals surface area (Å²) in [5.74, 6) is 0. The third-order valence-electron chi connectivity index (χ3n) is 6.38. The zero-order valence-corrected chi connectivity index (χ0v) is 20.1. The van der Waals surface area contributed by atoms with Gasteiger partial charge in [0, 0.05) is 16.6 Å². The Morgan fingerprint density at radius 1 is 1.13 bits per heavy atom. The summed E-state index contributed by atoms with van der Waals surface area (Å²) in [6, 6.07) is 1.89. The summed E-state index contributed by atoms with van der Waals surface area (Å²) in [5, 5.41) is 8.11. The largest absolute Gasteiger partial charge is 0.331 e. The quantitative estimate of drug-likeness (QED) is 0.633. The molecule has 1 heterocycles. The van der Waals surface area contributed by atoms with E-state index in [1.54, 1.807) is 5.41 Å². The third kappa shape index (κ3) is 5.14. The highest BCUT2D eigenvalue weighted by Gasteiger charge is 2.28. The number of urea groups is 1. The van der Waals surface area contributed by atoms with Gasteiger partial charge in [0.2, 0.25) is 0 Å². The van der Waals surface area contributed by atoms with Crippen molar-refractivity contribution in [3.63, 3.8) is 0 Å². The lowest BCUT2D eigenvalue weighted by atomic mass is 9.99. The van der Waals surface area contributed by atoms with Gasteiger partial charge in [0.15, 0.2) is 9.92 Å². The molecule has 2 amide bonds. The van der Waals surface area contributed by atoms with Crippen LogP contribution in [0.15, 0.2) is 21.9 Å². The van der Waals surface area contributed by atoms with Gasteiger partial charge in [-0.25, -0.2) is 18.1 Å². The highest BCUT2D eigenvalue weighted by atomic mass is 32.2. The lowest BCUT2D eigenvalue weighted by Gasteiger charge is -2.22. The minimum absolute atomic E-state index is 0.213. The lowest BCUT2D eigenvalue weighted by Crippen LogP contribution is -2.37. The van der Waals surface area contributed by atoms with Gasteiger partial charge < -0.3 is 10.6 Å². The van der Waals surface area contributed by atoms with Crippen molar-refractivity contribution < 1.29 is 9.00 Å². The molecule has 31 heavy (non-hydrogen) atoms. The smallest absolute Gasteiger partial charge is 0.308 e. The number of anilines is 1. The van der Waals surface area contributed by atoms with Gasteiger partial charge in [-0.1, -0.05) is 12.1 Å². The van der Waals surface area contributed by atoms with Crippen LogP contribution in [-0.2, 0) is 35.6 Å². The zero-order chi connectivity index (χ0) is 22.3. The average molecular weight is 445 g/mol. The molecule has 0 spiro atoms. The van der Waals surface area contributed by atoms with Gasteiger partial charge >= 0.3 is 6.03 Å². The Hall–Kier alpha value is -1.86. The van der Waals surface area contributed by atoms with E-state index in [1.807, 2.05) is 26.8 Å². The van der Waals surface area contributed by atoms with Crippen molar-refractivity contribution in [2.45, 2.75) is 90.1 Å². The maximum absolute atomic E-state index is 13.7. The van der Waals surface area contributed by atoms with Crippen LogP contribution in [-0.4, -0.2) is 27.9 Å². The predicted molar refractivity (Wildman–Crippen MR) is 128 cm³/mol. The highest BCUT2D eigenvalue weighted by Crippen LogP contribution is 2.38. The maximum atomic E-state index is 13.7. The van der Waals surface area contributed by atoms with Crippen molar-refractivity contribution in [2.75, 3.05) is 11.9 Å². The molecule has 0 saturated carbocycles.